The average molecular weight is 225 g/mol. The van der Waals surface area contributed by atoms with Crippen molar-refractivity contribution in [1.29, 1.82) is 0 Å². The molecule has 5 nitrogen and oxygen atoms in total. The zero-order valence-corrected chi connectivity index (χ0v) is 9.42. The standard InChI is InChI=1S/C8H19NO4S/c1-7(6-8(2)10)9-4-3-5-14(11,12)13/h7-10H,3-6H2,1-2H3,(H,11,12,13). The molecular weight excluding hydrogens is 206 g/mol. The van der Waals surface area contributed by atoms with Crippen LogP contribution in [0.25, 0.3) is 0 Å². The van der Waals surface area contributed by atoms with Crippen LogP contribution in [0, 0.1) is 0 Å². The summed E-state index contributed by atoms with van der Waals surface area (Å²) in [5.74, 6) is -0.221. The smallest absolute Gasteiger partial charge is 0.264 e. The van der Waals surface area contributed by atoms with E-state index in [0.29, 0.717) is 19.4 Å². The van der Waals surface area contributed by atoms with Crippen LogP contribution in [0.5, 0.6) is 0 Å². The predicted molar refractivity (Wildman–Crippen MR) is 54.8 cm³/mol. The number of hydrogen-bond donors (Lipinski definition) is 3. The van der Waals surface area contributed by atoms with E-state index in [1.54, 1.807) is 6.92 Å². The summed E-state index contributed by atoms with van der Waals surface area (Å²) < 4.78 is 29.1. The normalized spacial score (nSPS) is 16.6. The quantitative estimate of drug-likeness (QED) is 0.420. The molecule has 14 heavy (non-hydrogen) atoms. The van der Waals surface area contributed by atoms with Gasteiger partial charge in [-0.05, 0) is 33.2 Å². The van der Waals surface area contributed by atoms with Crippen molar-refractivity contribution < 1.29 is 18.1 Å². The second-order valence-electron chi connectivity index (χ2n) is 3.58. The highest BCUT2D eigenvalue weighted by Crippen LogP contribution is 1.96. The summed E-state index contributed by atoms with van der Waals surface area (Å²) in [5, 5.41) is 12.1. The Kier molecular flexibility index (Phi) is 6.26. The molecule has 0 saturated carbocycles. The second kappa shape index (κ2) is 6.34. The van der Waals surface area contributed by atoms with Crippen molar-refractivity contribution in [2.75, 3.05) is 12.3 Å². The Morgan fingerprint density at radius 1 is 1.36 bits per heavy atom. The van der Waals surface area contributed by atoms with Gasteiger partial charge in [0.2, 0.25) is 0 Å². The van der Waals surface area contributed by atoms with Gasteiger partial charge in [0, 0.05) is 6.04 Å². The fourth-order valence-electron chi connectivity index (χ4n) is 1.20. The highest BCUT2D eigenvalue weighted by Gasteiger charge is 2.06. The maximum Gasteiger partial charge on any atom is 0.264 e. The van der Waals surface area contributed by atoms with Crippen LogP contribution in [0.3, 0.4) is 0 Å². The summed E-state index contributed by atoms with van der Waals surface area (Å²) in [6.07, 6.45) is 0.647. The third kappa shape index (κ3) is 9.91. The summed E-state index contributed by atoms with van der Waals surface area (Å²) in [4.78, 5) is 0. The molecule has 0 radical (unpaired) electrons. The Morgan fingerprint density at radius 3 is 2.36 bits per heavy atom. The van der Waals surface area contributed by atoms with E-state index in [0.717, 1.165) is 0 Å². The molecule has 0 fully saturated rings. The highest BCUT2D eigenvalue weighted by molar-refractivity contribution is 7.85. The van der Waals surface area contributed by atoms with E-state index in [9.17, 15) is 8.42 Å². The number of hydrogen-bond acceptors (Lipinski definition) is 4. The molecule has 0 bridgehead atoms. The molecule has 0 spiro atoms. The molecule has 0 aromatic heterocycles. The summed E-state index contributed by atoms with van der Waals surface area (Å²) in [6, 6.07) is 0.149. The van der Waals surface area contributed by atoms with Crippen LogP contribution in [-0.2, 0) is 10.1 Å². The number of rotatable bonds is 7. The van der Waals surface area contributed by atoms with E-state index in [2.05, 4.69) is 5.32 Å². The second-order valence-corrected chi connectivity index (χ2v) is 5.15. The third-order valence-corrected chi connectivity index (χ3v) is 2.57. The fourth-order valence-corrected chi connectivity index (χ4v) is 1.71. The summed E-state index contributed by atoms with van der Waals surface area (Å²) in [6.45, 7) is 4.14. The maximum atomic E-state index is 10.3. The minimum Gasteiger partial charge on any atom is -0.393 e. The molecule has 0 saturated heterocycles. The molecule has 86 valence electrons. The first-order valence-corrected chi connectivity index (χ1v) is 6.29. The Labute approximate surface area is 85.3 Å². The molecule has 0 aromatic rings. The minimum absolute atomic E-state index is 0.149. The lowest BCUT2D eigenvalue weighted by Gasteiger charge is -2.14. The molecule has 6 heteroatoms. The zero-order chi connectivity index (χ0) is 11.2. The van der Waals surface area contributed by atoms with Crippen LogP contribution in [0.4, 0.5) is 0 Å². The molecule has 3 N–H and O–H groups in total. The lowest BCUT2D eigenvalue weighted by atomic mass is 10.1. The molecule has 0 aliphatic carbocycles. The van der Waals surface area contributed by atoms with E-state index >= 15 is 0 Å². The third-order valence-electron chi connectivity index (χ3n) is 1.77. The van der Waals surface area contributed by atoms with Crippen LogP contribution >= 0.6 is 0 Å². The Hall–Kier alpha value is -0.170. The Bertz CT molecular complexity index is 238. The zero-order valence-electron chi connectivity index (χ0n) is 8.60. The fraction of sp³-hybridized carbons (Fsp3) is 1.00. The molecule has 0 aromatic carbocycles. The topological polar surface area (TPSA) is 86.6 Å². The molecule has 2 atom stereocenters. The van der Waals surface area contributed by atoms with Crippen LogP contribution in [-0.4, -0.2) is 42.5 Å². The predicted octanol–water partition coefficient (Wildman–Crippen LogP) is 0.0133. The molecule has 0 aliphatic heterocycles. The first-order chi connectivity index (χ1) is 6.31. The van der Waals surface area contributed by atoms with Gasteiger partial charge in [-0.3, -0.25) is 4.55 Å². The van der Waals surface area contributed by atoms with E-state index in [4.69, 9.17) is 9.66 Å². The van der Waals surface area contributed by atoms with Gasteiger partial charge >= 0.3 is 0 Å². The maximum absolute atomic E-state index is 10.3. The number of nitrogens with one attached hydrogen (secondary N) is 1. The van der Waals surface area contributed by atoms with Gasteiger partial charge in [0.1, 0.15) is 0 Å². The Balaban J connectivity index is 3.45. The van der Waals surface area contributed by atoms with Crippen molar-refractivity contribution in [3.63, 3.8) is 0 Å². The van der Waals surface area contributed by atoms with Crippen molar-refractivity contribution in [3.8, 4) is 0 Å². The minimum atomic E-state index is -3.83. The van der Waals surface area contributed by atoms with Crippen molar-refractivity contribution in [1.82, 2.24) is 5.32 Å². The molecule has 0 aliphatic rings. The SMILES string of the molecule is CC(O)CC(C)NCCCS(=O)(=O)O. The van der Waals surface area contributed by atoms with Gasteiger partial charge in [-0.2, -0.15) is 8.42 Å². The van der Waals surface area contributed by atoms with Crippen LogP contribution < -0.4 is 5.32 Å². The van der Waals surface area contributed by atoms with Crippen LogP contribution in [0.1, 0.15) is 26.7 Å². The lowest BCUT2D eigenvalue weighted by Crippen LogP contribution is -2.30. The van der Waals surface area contributed by atoms with Crippen molar-refractivity contribution >= 4 is 10.1 Å². The van der Waals surface area contributed by atoms with Crippen LogP contribution in [0.2, 0.25) is 0 Å². The van der Waals surface area contributed by atoms with Crippen molar-refractivity contribution in [3.05, 3.63) is 0 Å². The van der Waals surface area contributed by atoms with E-state index in [-0.39, 0.29) is 17.9 Å². The summed E-state index contributed by atoms with van der Waals surface area (Å²) in [5.41, 5.74) is 0. The summed E-state index contributed by atoms with van der Waals surface area (Å²) in [7, 11) is -3.83. The first-order valence-electron chi connectivity index (χ1n) is 4.68. The van der Waals surface area contributed by atoms with Gasteiger partial charge in [0.25, 0.3) is 10.1 Å². The number of aliphatic hydroxyl groups excluding tert-OH is 1. The molecule has 0 heterocycles. The Morgan fingerprint density at radius 2 is 1.93 bits per heavy atom. The van der Waals surface area contributed by atoms with Gasteiger partial charge in [-0.25, -0.2) is 0 Å². The van der Waals surface area contributed by atoms with Gasteiger partial charge in [0.15, 0.2) is 0 Å². The van der Waals surface area contributed by atoms with E-state index in [1.807, 2.05) is 6.92 Å². The van der Waals surface area contributed by atoms with Gasteiger partial charge in [-0.15, -0.1) is 0 Å². The molecular formula is C8H19NO4S. The monoisotopic (exact) mass is 225 g/mol. The van der Waals surface area contributed by atoms with Gasteiger partial charge < -0.3 is 10.4 Å². The number of aliphatic hydroxyl groups is 1. The van der Waals surface area contributed by atoms with Crippen molar-refractivity contribution in [2.24, 2.45) is 0 Å². The molecule has 0 amide bonds. The van der Waals surface area contributed by atoms with E-state index < -0.39 is 10.1 Å². The van der Waals surface area contributed by atoms with E-state index in [1.165, 1.54) is 0 Å². The average Bonchev–Trinajstić information content (AvgIpc) is 1.95. The highest BCUT2D eigenvalue weighted by atomic mass is 32.2. The lowest BCUT2D eigenvalue weighted by molar-refractivity contribution is 0.171. The molecule has 0 rings (SSSR count). The summed E-state index contributed by atoms with van der Waals surface area (Å²) >= 11 is 0. The van der Waals surface area contributed by atoms with Crippen molar-refractivity contribution in [2.45, 2.75) is 38.8 Å². The van der Waals surface area contributed by atoms with Gasteiger partial charge in [0.05, 0.1) is 11.9 Å². The largest absolute Gasteiger partial charge is 0.393 e. The van der Waals surface area contributed by atoms with Gasteiger partial charge in [-0.1, -0.05) is 0 Å². The van der Waals surface area contributed by atoms with Crippen LogP contribution in [0.15, 0.2) is 0 Å². The first kappa shape index (κ1) is 13.8. The molecule has 2 unspecified atom stereocenters.